The van der Waals surface area contributed by atoms with E-state index in [9.17, 15) is 0 Å². The first-order valence-corrected chi connectivity index (χ1v) is 28.2. The Kier molecular flexibility index (Phi) is 15.1. The highest BCUT2D eigenvalue weighted by Gasteiger charge is 2.35. The summed E-state index contributed by atoms with van der Waals surface area (Å²) in [5.74, 6) is 0. The van der Waals surface area contributed by atoms with Crippen LogP contribution in [0.4, 0.5) is 0 Å². The Balaban J connectivity index is 1.65. The second-order valence-electron chi connectivity index (χ2n) is 28.2. The van der Waals surface area contributed by atoms with E-state index in [4.69, 9.17) is 21.3 Å². The highest BCUT2D eigenvalue weighted by Crippen LogP contribution is 2.49. The zero-order chi connectivity index (χ0) is 52.0. The summed E-state index contributed by atoms with van der Waals surface area (Å²) in [4.78, 5) is 0. The predicted octanol–water partition coefficient (Wildman–Crippen LogP) is 20.2. The molecule has 0 aliphatic carbocycles. The van der Waals surface area contributed by atoms with Crippen molar-refractivity contribution in [2.24, 2.45) is 0 Å². The third-order valence-electron chi connectivity index (χ3n) is 14.4. The fourth-order valence-electron chi connectivity index (χ4n) is 9.51. The standard InChI is InChI=1S/C61H91O5P3/c1-36(27-37(2)67)64-69-65-52-44(30-39(55(6,7)8)33-47(52)59(18,19)20)45-31-41(57(12,13)14)35-49(53(45)66-69)61(23,24)26-25-60(21,22)48-34-40(56(9,10)11)29-43-42-28-38(54(3,4)5)32-46(58(15,16)17)50(42)62-68-63-51(43)48/h28-37,68H,25-27,67H2,1-24H3/t36-,37-,69?/m1/s1. The molecule has 0 aliphatic rings. The summed E-state index contributed by atoms with van der Waals surface area (Å²) in [5, 5.41) is 4.41. The van der Waals surface area contributed by atoms with Crippen molar-refractivity contribution in [2.45, 2.75) is 241 Å². The number of fused-ring (bicyclic) bond motifs is 6. The monoisotopic (exact) mass is 997 g/mol. The molecule has 0 aliphatic heterocycles. The van der Waals surface area contributed by atoms with E-state index in [0.29, 0.717) is 5.66 Å². The molecule has 0 N–H and O–H groups in total. The number of rotatable bonds is 9. The van der Waals surface area contributed by atoms with Gasteiger partial charge < -0.3 is 16.8 Å². The van der Waals surface area contributed by atoms with E-state index < -0.39 is 8.24 Å². The predicted molar refractivity (Wildman–Crippen MR) is 307 cm³/mol. The Morgan fingerprint density at radius 1 is 0.435 bits per heavy atom. The minimum Gasteiger partial charge on any atom is -0.421 e. The van der Waals surface area contributed by atoms with Gasteiger partial charge in [-0.2, -0.15) is 0 Å². The summed E-state index contributed by atoms with van der Waals surface area (Å²) in [5.41, 5.74) is 12.6. The van der Waals surface area contributed by atoms with Crippen LogP contribution in [-0.4, -0.2) is 11.8 Å². The van der Waals surface area contributed by atoms with Crippen molar-refractivity contribution in [3.05, 3.63) is 93.0 Å². The molecule has 0 spiro atoms. The van der Waals surface area contributed by atoms with E-state index in [2.05, 4.69) is 224 Å². The molecule has 380 valence electrons. The minimum atomic E-state index is -1.81. The van der Waals surface area contributed by atoms with E-state index in [1.165, 1.54) is 44.5 Å². The second-order valence-corrected chi connectivity index (χ2v) is 30.9. The lowest BCUT2D eigenvalue weighted by Gasteiger charge is -2.34. The van der Waals surface area contributed by atoms with Gasteiger partial charge in [0.15, 0.2) is 0 Å². The average molecular weight is 997 g/mol. The highest BCUT2D eigenvalue weighted by atomic mass is 31.1. The lowest BCUT2D eigenvalue weighted by atomic mass is 9.70. The maximum absolute atomic E-state index is 7.31. The fraction of sp³-hybridized carbons (Fsp3) is 0.607. The lowest BCUT2D eigenvalue weighted by Crippen LogP contribution is -2.26. The number of hydrogen-bond donors (Lipinski definition) is 0. The first kappa shape index (κ1) is 55.4. The van der Waals surface area contributed by atoms with Crippen LogP contribution in [0, 0.1) is 0 Å². The molecule has 0 radical (unpaired) electrons. The van der Waals surface area contributed by atoms with E-state index in [0.717, 1.165) is 63.1 Å². The lowest BCUT2D eigenvalue weighted by molar-refractivity contribution is 0.265. The average Bonchev–Trinajstić information content (AvgIpc) is 3.45. The Morgan fingerprint density at radius 2 is 0.725 bits per heavy atom. The van der Waals surface area contributed by atoms with E-state index in [1.807, 2.05) is 0 Å². The molecule has 4 aromatic carbocycles. The van der Waals surface area contributed by atoms with Gasteiger partial charge in [-0.25, -0.2) is 0 Å². The molecule has 5 nitrogen and oxygen atoms in total. The van der Waals surface area contributed by atoms with Gasteiger partial charge in [0.25, 0.3) is 0 Å². The molecule has 2 aromatic heterocycles. The van der Waals surface area contributed by atoms with Crippen LogP contribution in [0.5, 0.6) is 0 Å². The van der Waals surface area contributed by atoms with Gasteiger partial charge in [0.1, 0.15) is 22.3 Å². The molecule has 6 rings (SSSR count). The van der Waals surface area contributed by atoms with Crippen molar-refractivity contribution in [1.29, 1.82) is 0 Å². The molecule has 5 atom stereocenters. The van der Waals surface area contributed by atoms with Crippen molar-refractivity contribution in [3.63, 3.8) is 0 Å². The third kappa shape index (κ3) is 12.1. The van der Waals surface area contributed by atoms with Gasteiger partial charge in [0.05, 0.1) is 6.10 Å². The molecule has 0 saturated heterocycles. The van der Waals surface area contributed by atoms with Gasteiger partial charge in [-0.15, -0.1) is 9.24 Å². The van der Waals surface area contributed by atoms with Crippen molar-refractivity contribution < 1.29 is 21.3 Å². The SMILES string of the molecule is C[C@H](C[C@@H](C)P)Op1oc2c(C(C)(C)C)cc(C(C)(C)C)cc2c2cc(C(C)(C)C)cc(C(C)(C)CCC(C)(C)c3cc(C(C)(C)C)cc4c3o[pH]oc3c(C(C)(C)C)cc(C(C)(C)C)cc34)c2o1. The smallest absolute Gasteiger partial charge is 0.387 e. The summed E-state index contributed by atoms with van der Waals surface area (Å²) in [6, 6.07) is 19.1. The molecule has 0 fully saturated rings. The van der Waals surface area contributed by atoms with E-state index in [-0.39, 0.29) is 58.1 Å². The maximum atomic E-state index is 7.31. The second kappa shape index (κ2) is 18.8. The molecule has 2 heterocycles. The van der Waals surface area contributed by atoms with Gasteiger partial charge in [0, 0.05) is 43.8 Å². The summed E-state index contributed by atoms with van der Waals surface area (Å²) in [7, 11) is 0.956. The van der Waals surface area contributed by atoms with Crippen molar-refractivity contribution in [2.75, 3.05) is 0 Å². The first-order valence-electron chi connectivity index (χ1n) is 25.6. The van der Waals surface area contributed by atoms with Crippen molar-refractivity contribution >= 4 is 70.0 Å². The van der Waals surface area contributed by atoms with Gasteiger partial charge in [-0.3, -0.25) is 4.52 Å². The van der Waals surface area contributed by atoms with Crippen LogP contribution < -0.4 is 4.52 Å². The van der Waals surface area contributed by atoms with E-state index >= 15 is 0 Å². The summed E-state index contributed by atoms with van der Waals surface area (Å²) < 4.78 is 34.9. The maximum Gasteiger partial charge on any atom is 0.387 e. The molecular formula is C61H91O5P3. The third-order valence-corrected chi connectivity index (χ3v) is 16.5. The van der Waals surface area contributed by atoms with Crippen LogP contribution in [0.2, 0.25) is 0 Å². The Bertz CT molecular complexity index is 2940. The van der Waals surface area contributed by atoms with Gasteiger partial charge >= 0.3 is 8.24 Å². The van der Waals surface area contributed by atoms with Crippen molar-refractivity contribution in [3.8, 4) is 0 Å². The van der Waals surface area contributed by atoms with Crippen LogP contribution in [0.3, 0.4) is 0 Å². The minimum absolute atomic E-state index is 0.0526. The number of benzene rings is 4. The summed E-state index contributed by atoms with van der Waals surface area (Å²) in [6.07, 6.45) is 2.59. The zero-order valence-electron chi connectivity index (χ0n) is 47.5. The Hall–Kier alpha value is -2.93. The molecule has 0 saturated carbocycles. The topological polar surface area (TPSA) is 61.8 Å². The largest absolute Gasteiger partial charge is 0.421 e. The molecule has 3 unspecified atom stereocenters. The quantitative estimate of drug-likeness (QED) is 0.135. The molecule has 0 amide bonds. The molecule has 8 heteroatoms. The fourth-order valence-corrected chi connectivity index (χ4v) is 11.7. The van der Waals surface area contributed by atoms with Crippen LogP contribution >= 0.6 is 26.2 Å². The van der Waals surface area contributed by atoms with Crippen LogP contribution in [0.1, 0.15) is 230 Å². The normalized spacial score (nSPS) is 15.2. The van der Waals surface area contributed by atoms with Crippen LogP contribution in [-0.2, 0) is 43.3 Å². The van der Waals surface area contributed by atoms with Gasteiger partial charge in [0.2, 0.25) is 8.67 Å². The Morgan fingerprint density at radius 3 is 1.06 bits per heavy atom. The number of hydrogen-bond acceptors (Lipinski definition) is 5. The molecule has 6 aromatic rings. The van der Waals surface area contributed by atoms with Crippen molar-refractivity contribution in [1.82, 2.24) is 0 Å². The summed E-state index contributed by atoms with van der Waals surface area (Å²) in [6.45, 7) is 55.5. The Labute approximate surface area is 422 Å². The van der Waals surface area contributed by atoms with E-state index in [1.54, 1.807) is 0 Å². The van der Waals surface area contributed by atoms with Crippen LogP contribution in [0.15, 0.2) is 65.3 Å². The van der Waals surface area contributed by atoms with Gasteiger partial charge in [-0.05, 0) is 122 Å². The molecular weight excluding hydrogens is 906 g/mol. The molecule has 69 heavy (non-hydrogen) atoms. The molecule has 0 bridgehead atoms. The zero-order valence-corrected chi connectivity index (χ0v) is 50.5. The van der Waals surface area contributed by atoms with Crippen LogP contribution in [0.25, 0.3) is 43.9 Å². The first-order chi connectivity index (χ1) is 31.2. The van der Waals surface area contributed by atoms with Gasteiger partial charge in [-0.1, -0.05) is 184 Å². The summed E-state index contributed by atoms with van der Waals surface area (Å²) >= 11 is 0. The highest BCUT2D eigenvalue weighted by molar-refractivity contribution is 7.31.